The van der Waals surface area contributed by atoms with E-state index in [0.29, 0.717) is 18.5 Å². The molecule has 0 aliphatic carbocycles. The highest BCUT2D eigenvalue weighted by molar-refractivity contribution is 6.09. The molecule has 0 unspecified atom stereocenters. The van der Waals surface area contributed by atoms with Crippen LogP contribution in [0.5, 0.6) is 0 Å². The molecule has 10 aromatic rings. The van der Waals surface area contributed by atoms with Crippen molar-refractivity contribution >= 4 is 84.8 Å². The van der Waals surface area contributed by atoms with Crippen LogP contribution in [0.2, 0.25) is 0 Å². The summed E-state index contributed by atoms with van der Waals surface area (Å²) in [5.74, 6) is 2.09. The smallest absolute Gasteiger partial charge is 0.159 e. The van der Waals surface area contributed by atoms with Crippen LogP contribution in [-0.2, 0) is 0 Å². The Hall–Kier alpha value is -9.88. The highest BCUT2D eigenvalue weighted by atomic mass is 16.3. The summed E-state index contributed by atoms with van der Waals surface area (Å²) in [5.41, 5.74) is 19.5. The monoisotopic (exact) mass is 1180 g/mol. The van der Waals surface area contributed by atoms with E-state index in [9.17, 15) is 0 Å². The van der Waals surface area contributed by atoms with Gasteiger partial charge in [0.05, 0.1) is 28.4 Å². The maximum atomic E-state index is 6.17. The molecule has 456 valence electrons. The van der Waals surface area contributed by atoms with Crippen LogP contribution in [0, 0.1) is 34.6 Å². The van der Waals surface area contributed by atoms with E-state index >= 15 is 0 Å². The molecule has 0 N–H and O–H groups in total. The molecule has 13 nitrogen and oxygen atoms in total. The van der Waals surface area contributed by atoms with Gasteiger partial charge in [-0.15, -0.1) is 0 Å². The third-order valence-corrected chi connectivity index (χ3v) is 18.5. The van der Waals surface area contributed by atoms with Crippen molar-refractivity contribution in [3.05, 3.63) is 247 Å². The lowest BCUT2D eigenvalue weighted by Gasteiger charge is -2.28. The summed E-state index contributed by atoms with van der Waals surface area (Å²) in [6.07, 6.45) is 13.8. The quantitative estimate of drug-likeness (QED) is 0.164. The van der Waals surface area contributed by atoms with E-state index in [0.717, 1.165) is 28.5 Å². The molecule has 15 rings (SSSR count). The van der Waals surface area contributed by atoms with Crippen LogP contribution in [0.4, 0.5) is 62.8 Å². The second kappa shape index (κ2) is 25.8. The fourth-order valence-electron chi connectivity index (χ4n) is 12.7. The van der Waals surface area contributed by atoms with Crippen LogP contribution in [0.3, 0.4) is 0 Å². The first-order valence-electron chi connectivity index (χ1n) is 31.0. The van der Waals surface area contributed by atoms with Crippen LogP contribution < -0.4 is 39.2 Å². The number of aryl methyl sites for hydroxylation is 5. The first kappa shape index (κ1) is 60.8. The minimum atomic E-state index is 0.288. The summed E-state index contributed by atoms with van der Waals surface area (Å²) in [5, 5.41) is 2.36. The number of hydrogen-bond donors (Lipinski definition) is 0. The molecule has 5 atom stereocenters. The average Bonchev–Trinajstić information content (AvgIpc) is 1.79. The van der Waals surface area contributed by atoms with Crippen LogP contribution in [0.1, 0.15) is 62.4 Å². The molecule has 5 aliphatic rings. The van der Waals surface area contributed by atoms with Crippen molar-refractivity contribution in [2.45, 2.75) is 100 Å². The lowest BCUT2D eigenvalue weighted by atomic mass is 10.1. The van der Waals surface area contributed by atoms with Crippen LogP contribution >= 0.6 is 0 Å². The van der Waals surface area contributed by atoms with Crippen LogP contribution in [0.25, 0.3) is 21.9 Å². The molecule has 7 aromatic carbocycles. The first-order chi connectivity index (χ1) is 43.0. The van der Waals surface area contributed by atoms with E-state index in [1.165, 1.54) is 84.1 Å². The molecule has 0 radical (unpaired) electrons. The van der Waals surface area contributed by atoms with Gasteiger partial charge in [0.15, 0.2) is 17.2 Å². The van der Waals surface area contributed by atoms with Gasteiger partial charge < -0.3 is 53.4 Å². The minimum Gasteiger partial charge on any atom is -0.454 e. The van der Waals surface area contributed by atoms with Crippen molar-refractivity contribution in [2.75, 3.05) is 74.4 Å². The maximum Gasteiger partial charge on any atom is 0.159 e. The Labute approximate surface area is 527 Å². The summed E-state index contributed by atoms with van der Waals surface area (Å²) < 4.78 is 6.17. The number of aromatic nitrogens is 2. The summed E-state index contributed by atoms with van der Waals surface area (Å²) in [6.45, 7) is 21.8. The number of para-hydroxylation sites is 7. The number of rotatable bonds is 5. The van der Waals surface area contributed by atoms with Crippen molar-refractivity contribution in [2.24, 2.45) is 0 Å². The molecular formula is C76H86N12O. The SMILES string of the molecule is Cc1ccc2c(oc3ccccc32)c1N1C=CN(C)[C@@H]1C.Cc1ccccc1N1C=CN(C)[C@@H]1C.Cc1ccccc1N1c2ccccc2N(C)[C@@H]1C.Cc1ccccc1N1c2cccnc2N(C)[C@@H]1C.Cc1ccccc1N1c2ncccc2N(C)[C@@H]1C. The third kappa shape index (κ3) is 11.6. The molecule has 0 saturated carbocycles. The zero-order valence-corrected chi connectivity index (χ0v) is 54.4. The zero-order chi connectivity index (χ0) is 62.8. The van der Waals surface area contributed by atoms with Gasteiger partial charge in [0.2, 0.25) is 0 Å². The molecule has 0 fully saturated rings. The highest BCUT2D eigenvalue weighted by Gasteiger charge is 2.35. The Bertz CT molecular complexity index is 3920. The molecule has 0 saturated heterocycles. The van der Waals surface area contributed by atoms with Gasteiger partial charge in [0.25, 0.3) is 0 Å². The summed E-state index contributed by atoms with van der Waals surface area (Å²) >= 11 is 0. The van der Waals surface area contributed by atoms with Gasteiger partial charge in [-0.1, -0.05) is 115 Å². The Morgan fingerprint density at radius 3 is 1.28 bits per heavy atom. The molecular weight excluding hydrogens is 1100 g/mol. The number of fused-ring (bicyclic) bond motifs is 6. The Morgan fingerprint density at radius 1 is 0.315 bits per heavy atom. The highest BCUT2D eigenvalue weighted by Crippen LogP contribution is 2.46. The lowest BCUT2D eigenvalue weighted by Crippen LogP contribution is -2.36. The van der Waals surface area contributed by atoms with Crippen LogP contribution in [-0.4, -0.2) is 85.8 Å². The Balaban J connectivity index is 0.000000115. The molecule has 5 aliphatic heterocycles. The van der Waals surface area contributed by atoms with Crippen molar-refractivity contribution in [1.82, 2.24) is 19.8 Å². The van der Waals surface area contributed by atoms with E-state index in [-0.39, 0.29) is 12.3 Å². The van der Waals surface area contributed by atoms with Gasteiger partial charge in [-0.25, -0.2) is 9.97 Å². The Morgan fingerprint density at radius 2 is 0.730 bits per heavy atom. The van der Waals surface area contributed by atoms with E-state index < -0.39 is 0 Å². The van der Waals surface area contributed by atoms with Gasteiger partial charge >= 0.3 is 0 Å². The maximum absolute atomic E-state index is 6.17. The predicted molar refractivity (Wildman–Crippen MR) is 376 cm³/mol. The summed E-state index contributed by atoms with van der Waals surface area (Å²) in [6, 6.07) is 63.4. The zero-order valence-electron chi connectivity index (χ0n) is 54.4. The number of pyridine rings is 2. The van der Waals surface area contributed by atoms with Crippen molar-refractivity contribution in [3.8, 4) is 0 Å². The Kier molecular flexibility index (Phi) is 17.6. The van der Waals surface area contributed by atoms with Crippen molar-refractivity contribution < 1.29 is 4.42 Å². The van der Waals surface area contributed by atoms with Crippen molar-refractivity contribution in [3.63, 3.8) is 0 Å². The van der Waals surface area contributed by atoms with Gasteiger partial charge in [-0.05, 0) is 164 Å². The second-order valence-corrected chi connectivity index (χ2v) is 23.9. The molecule has 8 heterocycles. The molecule has 13 heteroatoms. The average molecular weight is 1180 g/mol. The van der Waals surface area contributed by atoms with Gasteiger partial charge in [0, 0.05) is 106 Å². The molecule has 89 heavy (non-hydrogen) atoms. The fraction of sp³-hybridized carbons (Fsp3) is 0.263. The molecule has 0 spiro atoms. The second-order valence-electron chi connectivity index (χ2n) is 23.9. The third-order valence-electron chi connectivity index (χ3n) is 18.5. The molecule has 0 amide bonds. The fourth-order valence-corrected chi connectivity index (χ4v) is 12.7. The number of nitrogens with zero attached hydrogens (tertiary/aromatic N) is 12. The largest absolute Gasteiger partial charge is 0.454 e. The number of benzene rings is 7. The van der Waals surface area contributed by atoms with E-state index in [1.54, 1.807) is 0 Å². The van der Waals surface area contributed by atoms with Crippen LogP contribution in [0.15, 0.2) is 224 Å². The molecule has 3 aromatic heterocycles. The summed E-state index contributed by atoms with van der Waals surface area (Å²) in [4.78, 5) is 31.8. The standard InChI is InChI=1S/C18H18N2O.C16H18N2.2C15H17N3.C12H16N2/c1-12-8-9-15-14-6-4-5-7-16(14)21-18(15)17(12)20-11-10-19(3)13(20)2;1-12-8-4-5-9-14(12)18-13(2)17(3)15-10-6-7-11-16(15)18;1-11-7-4-5-8-13(11)18-12(2)17(3)15-14(18)9-6-10-16-15;1-11-7-4-5-8-13(11)18-12(2)17(3)14-9-6-10-16-15(14)18;1-10-6-4-5-7-12(10)14-9-8-13(3)11(14)2/h4-11,13H,1-3H3;4-11,13H,1-3H3;2*4-10,12H,1-3H3;4-9,11H,1-3H3/t2*13-;2*12-;11-/m00000/s1. The van der Waals surface area contributed by atoms with Gasteiger partial charge in [-0.3, -0.25) is 0 Å². The summed E-state index contributed by atoms with van der Waals surface area (Å²) in [7, 11) is 10.6. The predicted octanol–water partition coefficient (Wildman–Crippen LogP) is 17.6. The van der Waals surface area contributed by atoms with Gasteiger partial charge in [0.1, 0.15) is 36.4 Å². The van der Waals surface area contributed by atoms with E-state index in [2.05, 4.69) is 346 Å². The molecule has 0 bridgehead atoms. The van der Waals surface area contributed by atoms with Gasteiger partial charge in [-0.2, -0.15) is 0 Å². The minimum absolute atomic E-state index is 0.288. The van der Waals surface area contributed by atoms with E-state index in [1.807, 2.05) is 36.7 Å². The number of furan rings is 1. The topological polar surface area (TPSA) is 71.3 Å². The lowest BCUT2D eigenvalue weighted by molar-refractivity contribution is 0.383. The first-order valence-corrected chi connectivity index (χ1v) is 31.0. The van der Waals surface area contributed by atoms with Crippen molar-refractivity contribution in [1.29, 1.82) is 0 Å². The number of hydrogen-bond acceptors (Lipinski definition) is 13. The van der Waals surface area contributed by atoms with E-state index in [4.69, 9.17) is 4.42 Å². The normalized spacial score (nSPS) is 18.5. The number of anilines is 11.